The summed E-state index contributed by atoms with van der Waals surface area (Å²) in [6.45, 7) is 2.36. The zero-order valence-electron chi connectivity index (χ0n) is 27.3. The van der Waals surface area contributed by atoms with Crippen molar-refractivity contribution < 1.29 is 57.7 Å². The minimum absolute atomic E-state index is 0.0207. The van der Waals surface area contributed by atoms with Crippen LogP contribution in [0.25, 0.3) is 0 Å². The number of phosphoric ester groups is 1. The zero-order valence-corrected chi connectivity index (χ0v) is 28.2. The van der Waals surface area contributed by atoms with Gasteiger partial charge in [0.05, 0.1) is 19.8 Å². The van der Waals surface area contributed by atoms with Gasteiger partial charge in [-0.2, -0.15) is 0 Å². The molecule has 0 aliphatic carbocycles. The molecule has 45 heavy (non-hydrogen) atoms. The molecule has 266 valence electrons. The summed E-state index contributed by atoms with van der Waals surface area (Å²) in [4.78, 5) is 42.6. The number of aliphatic carboxylic acids is 3. The summed E-state index contributed by atoms with van der Waals surface area (Å²) in [6.07, 6.45) is 17.4. The van der Waals surface area contributed by atoms with Crippen molar-refractivity contribution in [1.82, 2.24) is 5.32 Å². The van der Waals surface area contributed by atoms with E-state index >= 15 is 0 Å². The minimum atomic E-state index is -4.49. The molecule has 0 aliphatic rings. The number of carboxylic acid groups (broad SMARTS) is 3. The number of carbonyl (C=O) groups is 3. The summed E-state index contributed by atoms with van der Waals surface area (Å²) < 4.78 is 33.7. The van der Waals surface area contributed by atoms with Gasteiger partial charge in [-0.05, 0) is 25.7 Å². The van der Waals surface area contributed by atoms with Gasteiger partial charge in [-0.1, -0.05) is 90.4 Å². The monoisotopic (exact) mass is 669 g/mol. The second kappa shape index (κ2) is 29.8. The van der Waals surface area contributed by atoms with E-state index in [2.05, 4.69) is 12.2 Å². The van der Waals surface area contributed by atoms with E-state index in [1.807, 2.05) is 0 Å². The molecule has 0 saturated heterocycles. The molecular weight excluding hydrogens is 609 g/mol. The SMILES string of the molecule is CCCCCCCCCCCCCCCCOCC(COP(=O)(O)OCCNC(CCC(=O)O)C(=O)O)OCCCCC(=O)O. The third kappa shape index (κ3) is 30.8. The number of phosphoric acid groups is 1. The molecule has 0 amide bonds. The molecular formula is C31H60NO12P. The molecule has 0 heterocycles. The van der Waals surface area contributed by atoms with Gasteiger partial charge in [0, 0.05) is 32.6 Å². The van der Waals surface area contributed by atoms with Crippen LogP contribution in [-0.4, -0.2) is 89.8 Å². The molecule has 5 N–H and O–H groups in total. The van der Waals surface area contributed by atoms with E-state index in [4.69, 9.17) is 33.8 Å². The Labute approximate surface area is 269 Å². The number of unbranched alkanes of at least 4 members (excludes halogenated alkanes) is 14. The highest BCUT2D eigenvalue weighted by atomic mass is 31.2. The quantitative estimate of drug-likeness (QED) is 0.0380. The van der Waals surface area contributed by atoms with Crippen LogP contribution in [0.4, 0.5) is 0 Å². The number of hydrogen-bond acceptors (Lipinski definition) is 9. The van der Waals surface area contributed by atoms with Crippen molar-refractivity contribution in [2.75, 3.05) is 39.6 Å². The van der Waals surface area contributed by atoms with Crippen LogP contribution in [0.1, 0.15) is 129 Å². The van der Waals surface area contributed by atoms with Crippen molar-refractivity contribution in [1.29, 1.82) is 0 Å². The lowest BCUT2D eigenvalue weighted by atomic mass is 10.0. The normalized spacial score (nSPS) is 14.2. The van der Waals surface area contributed by atoms with Crippen LogP contribution >= 0.6 is 7.82 Å². The molecule has 0 bridgehead atoms. The van der Waals surface area contributed by atoms with Gasteiger partial charge in [-0.3, -0.25) is 23.4 Å². The Morgan fingerprint density at radius 3 is 1.73 bits per heavy atom. The fraction of sp³-hybridized carbons (Fsp3) is 0.903. The van der Waals surface area contributed by atoms with Crippen molar-refractivity contribution in [2.24, 2.45) is 0 Å². The number of ether oxygens (including phenoxy) is 2. The first kappa shape index (κ1) is 43.4. The molecule has 0 rings (SSSR count). The molecule has 0 fully saturated rings. The predicted molar refractivity (Wildman–Crippen MR) is 170 cm³/mol. The van der Waals surface area contributed by atoms with Crippen LogP contribution in [0.15, 0.2) is 0 Å². The first-order valence-electron chi connectivity index (χ1n) is 16.8. The van der Waals surface area contributed by atoms with Gasteiger partial charge in [0.1, 0.15) is 12.1 Å². The van der Waals surface area contributed by atoms with Crippen LogP contribution in [0.3, 0.4) is 0 Å². The van der Waals surface area contributed by atoms with Crippen molar-refractivity contribution in [3.63, 3.8) is 0 Å². The third-order valence-corrected chi connectivity index (χ3v) is 8.18. The molecule has 0 aromatic heterocycles. The lowest BCUT2D eigenvalue weighted by Crippen LogP contribution is -2.38. The first-order valence-corrected chi connectivity index (χ1v) is 18.3. The zero-order chi connectivity index (χ0) is 33.6. The molecule has 3 unspecified atom stereocenters. The first-order chi connectivity index (χ1) is 21.6. The van der Waals surface area contributed by atoms with E-state index in [1.54, 1.807) is 0 Å². The van der Waals surface area contributed by atoms with Crippen LogP contribution in [0.5, 0.6) is 0 Å². The van der Waals surface area contributed by atoms with Crippen molar-refractivity contribution >= 4 is 25.7 Å². The molecule has 0 spiro atoms. The third-order valence-electron chi connectivity index (χ3n) is 7.20. The van der Waals surface area contributed by atoms with Gasteiger partial charge in [-0.25, -0.2) is 4.57 Å². The fourth-order valence-corrected chi connectivity index (χ4v) is 5.33. The topological polar surface area (TPSA) is 198 Å². The maximum atomic E-state index is 12.3. The van der Waals surface area contributed by atoms with Crippen LogP contribution in [-0.2, 0) is 37.5 Å². The highest BCUT2D eigenvalue weighted by molar-refractivity contribution is 7.47. The van der Waals surface area contributed by atoms with Crippen LogP contribution in [0.2, 0.25) is 0 Å². The van der Waals surface area contributed by atoms with Gasteiger partial charge >= 0.3 is 25.7 Å². The number of nitrogens with one attached hydrogen (secondary N) is 1. The number of hydrogen-bond donors (Lipinski definition) is 5. The van der Waals surface area contributed by atoms with E-state index in [1.165, 1.54) is 70.6 Å². The molecule has 0 radical (unpaired) electrons. The van der Waals surface area contributed by atoms with Crippen molar-refractivity contribution in [3.05, 3.63) is 0 Å². The second-order valence-corrected chi connectivity index (χ2v) is 12.8. The maximum Gasteiger partial charge on any atom is 0.472 e. The number of rotatable bonds is 35. The Balaban J connectivity index is 4.24. The molecule has 0 aliphatic heterocycles. The highest BCUT2D eigenvalue weighted by Gasteiger charge is 2.25. The standard InChI is InChI=1S/C31H60NO12P/c1-2-3-4-5-6-7-8-9-10-11-12-13-14-16-22-41-25-27(42-23-17-15-18-29(33)34)26-44-45(39,40)43-24-21-32-28(31(37)38)19-20-30(35)36/h27-28,32H,2-26H2,1H3,(H,33,34)(H,35,36)(H,37,38)(H,39,40). The van der Waals surface area contributed by atoms with Gasteiger partial charge in [0.15, 0.2) is 0 Å². The van der Waals surface area contributed by atoms with Crippen molar-refractivity contribution in [2.45, 2.75) is 141 Å². The van der Waals surface area contributed by atoms with Crippen LogP contribution < -0.4 is 5.32 Å². The van der Waals surface area contributed by atoms with E-state index < -0.39 is 37.9 Å². The van der Waals surface area contributed by atoms with E-state index in [0.717, 1.165) is 19.3 Å². The minimum Gasteiger partial charge on any atom is -0.481 e. The molecule has 14 heteroatoms. The van der Waals surface area contributed by atoms with E-state index in [0.29, 0.717) is 19.4 Å². The second-order valence-electron chi connectivity index (χ2n) is 11.4. The highest BCUT2D eigenvalue weighted by Crippen LogP contribution is 2.43. The lowest BCUT2D eigenvalue weighted by Gasteiger charge is -2.20. The Bertz CT molecular complexity index is 801. The Morgan fingerprint density at radius 1 is 0.667 bits per heavy atom. The summed E-state index contributed by atoms with van der Waals surface area (Å²) in [7, 11) is -4.49. The van der Waals surface area contributed by atoms with Gasteiger partial charge in [-0.15, -0.1) is 0 Å². The van der Waals surface area contributed by atoms with E-state index in [9.17, 15) is 23.8 Å². The lowest BCUT2D eigenvalue weighted by molar-refractivity contribution is -0.141. The summed E-state index contributed by atoms with van der Waals surface area (Å²) in [5.74, 6) is -3.26. The van der Waals surface area contributed by atoms with Crippen LogP contribution in [0, 0.1) is 0 Å². The fourth-order valence-electron chi connectivity index (χ4n) is 4.58. The van der Waals surface area contributed by atoms with Crippen molar-refractivity contribution in [3.8, 4) is 0 Å². The van der Waals surface area contributed by atoms with Gasteiger partial charge < -0.3 is 35.0 Å². The molecule has 13 nitrogen and oxygen atoms in total. The average Bonchev–Trinajstić information content (AvgIpc) is 2.98. The molecule has 3 atom stereocenters. The summed E-state index contributed by atoms with van der Waals surface area (Å²) in [6, 6.07) is -1.14. The Kier molecular flexibility index (Phi) is 28.7. The smallest absolute Gasteiger partial charge is 0.472 e. The van der Waals surface area contributed by atoms with Gasteiger partial charge in [0.2, 0.25) is 0 Å². The van der Waals surface area contributed by atoms with E-state index in [-0.39, 0.29) is 52.2 Å². The molecule has 0 aromatic rings. The average molecular weight is 670 g/mol. The van der Waals surface area contributed by atoms with Gasteiger partial charge in [0.25, 0.3) is 0 Å². The number of carboxylic acids is 3. The largest absolute Gasteiger partial charge is 0.481 e. The predicted octanol–water partition coefficient (Wildman–Crippen LogP) is 6.17. The molecule has 0 aromatic carbocycles. The summed E-state index contributed by atoms with van der Waals surface area (Å²) in [5.41, 5.74) is 0. The molecule has 0 saturated carbocycles. The summed E-state index contributed by atoms with van der Waals surface area (Å²) >= 11 is 0. The Morgan fingerprint density at radius 2 is 1.20 bits per heavy atom. The summed E-state index contributed by atoms with van der Waals surface area (Å²) in [5, 5.41) is 29.2. The maximum absolute atomic E-state index is 12.3. The Hall–Kier alpha value is -1.60.